The maximum Gasteiger partial charge on any atom is 2.00 e. The summed E-state index contributed by atoms with van der Waals surface area (Å²) in [6.07, 6.45) is 6.83. The van der Waals surface area contributed by atoms with Gasteiger partial charge in [-0.1, -0.05) is 63.5 Å². The van der Waals surface area contributed by atoms with Crippen molar-refractivity contribution in [3.63, 3.8) is 0 Å². The van der Waals surface area contributed by atoms with Gasteiger partial charge in [-0.15, -0.1) is 35.7 Å². The largest absolute Gasteiger partial charge is 2.00 e. The van der Waals surface area contributed by atoms with E-state index < -0.39 is 0 Å². The summed E-state index contributed by atoms with van der Waals surface area (Å²) in [6.45, 7) is 13.3. The zero-order valence-corrected chi connectivity index (χ0v) is 29.2. The van der Waals surface area contributed by atoms with Crippen molar-refractivity contribution >= 4 is 21.8 Å². The quantitative estimate of drug-likeness (QED) is 0.158. The summed E-state index contributed by atoms with van der Waals surface area (Å²) in [5.41, 5.74) is 10.4. The van der Waals surface area contributed by atoms with Crippen LogP contribution >= 0.6 is 0 Å². The number of pyridine rings is 1. The molecule has 3 aromatic heterocycles. The molecule has 4 aromatic carbocycles. The number of hydrogen-bond donors (Lipinski definition) is 0. The molecule has 0 bridgehead atoms. The zero-order chi connectivity index (χ0) is 31.3. The maximum absolute atomic E-state index is 6.37. The maximum atomic E-state index is 6.37. The predicted molar refractivity (Wildman–Crippen MR) is 183 cm³/mol. The number of para-hydroxylation sites is 1. The average molecular weight is 784 g/mol. The van der Waals surface area contributed by atoms with Gasteiger partial charge in [0.15, 0.2) is 0 Å². The van der Waals surface area contributed by atoms with Gasteiger partial charge in [0.25, 0.3) is 0 Å². The minimum absolute atomic E-state index is 0. The van der Waals surface area contributed by atoms with Crippen LogP contribution in [0.25, 0.3) is 44.4 Å². The van der Waals surface area contributed by atoms with Crippen molar-refractivity contribution in [2.24, 2.45) is 0 Å². The molecule has 0 atom stereocenters. The number of aromatic nitrogens is 4. The second-order valence-electron chi connectivity index (χ2n) is 12.7. The Morgan fingerprint density at radius 2 is 1.65 bits per heavy atom. The van der Waals surface area contributed by atoms with E-state index in [1.165, 1.54) is 22.3 Å². The van der Waals surface area contributed by atoms with Gasteiger partial charge < -0.3 is 9.30 Å². The number of fused-ring (bicyclic) bond motifs is 3. The Balaban J connectivity index is 0.00000372. The fourth-order valence-electron chi connectivity index (χ4n) is 6.13. The first-order valence-corrected chi connectivity index (χ1v) is 15.5. The van der Waals surface area contributed by atoms with Gasteiger partial charge in [-0.3, -0.25) is 4.68 Å². The van der Waals surface area contributed by atoms with Crippen molar-refractivity contribution in [1.29, 1.82) is 0 Å². The molecule has 6 heteroatoms. The van der Waals surface area contributed by atoms with Crippen molar-refractivity contribution in [3.8, 4) is 34.1 Å². The first-order chi connectivity index (χ1) is 21.7. The van der Waals surface area contributed by atoms with Crippen molar-refractivity contribution in [2.45, 2.75) is 53.4 Å². The molecule has 0 aliphatic heterocycles. The number of ether oxygens (including phenoxy) is 1. The van der Waals surface area contributed by atoms with Crippen molar-refractivity contribution in [3.05, 3.63) is 132 Å². The third-order valence-corrected chi connectivity index (χ3v) is 8.44. The number of hydrogen-bond acceptors (Lipinski definition) is 3. The summed E-state index contributed by atoms with van der Waals surface area (Å²) in [6, 6.07) is 34.0. The molecule has 0 saturated heterocycles. The van der Waals surface area contributed by atoms with Crippen LogP contribution in [0.5, 0.6) is 11.5 Å². The topological polar surface area (TPSA) is 44.9 Å². The first kappa shape index (κ1) is 31.5. The van der Waals surface area contributed by atoms with Crippen LogP contribution in [0.4, 0.5) is 0 Å². The van der Waals surface area contributed by atoms with E-state index in [4.69, 9.17) is 9.84 Å². The molecule has 46 heavy (non-hydrogen) atoms. The summed E-state index contributed by atoms with van der Waals surface area (Å²) >= 11 is 0. The number of benzene rings is 4. The van der Waals surface area contributed by atoms with Crippen LogP contribution in [0.15, 0.2) is 97.5 Å². The van der Waals surface area contributed by atoms with Gasteiger partial charge in [-0.05, 0) is 82.8 Å². The molecule has 0 spiro atoms. The predicted octanol–water partition coefficient (Wildman–Crippen LogP) is 9.90. The van der Waals surface area contributed by atoms with Gasteiger partial charge >= 0.3 is 21.1 Å². The van der Waals surface area contributed by atoms with Crippen molar-refractivity contribution in [2.75, 3.05) is 0 Å². The second-order valence-corrected chi connectivity index (χ2v) is 12.7. The SMILES string of the molecule is CCc1cc(C(C)(C)C)cc(C)c1-c1cnn(-c2[c-]c(Oc3[c-]c4c(cc3)c3ccccc3n4-c3cc(C)ccn3)ccc2)c1.[Pt+2]. The first-order valence-electron chi connectivity index (χ1n) is 15.5. The number of rotatable bonds is 6. The summed E-state index contributed by atoms with van der Waals surface area (Å²) in [5.74, 6) is 2.06. The Morgan fingerprint density at radius 1 is 0.848 bits per heavy atom. The van der Waals surface area contributed by atoms with E-state index in [0.29, 0.717) is 11.5 Å². The molecule has 7 aromatic rings. The molecule has 0 fully saturated rings. The summed E-state index contributed by atoms with van der Waals surface area (Å²) < 4.78 is 10.4. The monoisotopic (exact) mass is 783 g/mol. The molecule has 0 amide bonds. The minimum atomic E-state index is 0. The van der Waals surface area contributed by atoms with Crippen molar-refractivity contribution in [1.82, 2.24) is 19.3 Å². The molecule has 3 heterocycles. The van der Waals surface area contributed by atoms with E-state index in [9.17, 15) is 0 Å². The summed E-state index contributed by atoms with van der Waals surface area (Å²) in [4.78, 5) is 4.68. The second kappa shape index (κ2) is 12.4. The van der Waals surface area contributed by atoms with E-state index in [0.717, 1.165) is 50.9 Å². The molecule has 0 aliphatic rings. The number of aryl methyl sites for hydroxylation is 3. The van der Waals surface area contributed by atoms with Crippen LogP contribution in [0.2, 0.25) is 0 Å². The molecule has 7 rings (SSSR count). The third kappa shape index (κ3) is 5.81. The van der Waals surface area contributed by atoms with Gasteiger partial charge in [0.1, 0.15) is 5.82 Å². The molecule has 5 nitrogen and oxygen atoms in total. The van der Waals surface area contributed by atoms with Crippen LogP contribution in [0, 0.1) is 26.0 Å². The van der Waals surface area contributed by atoms with Gasteiger partial charge in [-0.25, -0.2) is 4.98 Å². The summed E-state index contributed by atoms with van der Waals surface area (Å²) in [5, 5.41) is 6.97. The average Bonchev–Trinajstić information content (AvgIpc) is 3.63. The Kier molecular flexibility index (Phi) is 8.48. The van der Waals surface area contributed by atoms with Crippen LogP contribution < -0.4 is 4.74 Å². The van der Waals surface area contributed by atoms with E-state index >= 15 is 0 Å². The normalized spacial score (nSPS) is 11.6. The number of nitrogens with zero attached hydrogens (tertiary/aromatic N) is 4. The minimum Gasteiger partial charge on any atom is -0.509 e. The summed E-state index contributed by atoms with van der Waals surface area (Å²) in [7, 11) is 0. The van der Waals surface area contributed by atoms with E-state index in [2.05, 4.69) is 118 Å². The van der Waals surface area contributed by atoms with Crippen LogP contribution in [0.1, 0.15) is 49.9 Å². The Bertz CT molecular complexity index is 2200. The molecule has 0 saturated carbocycles. The molecule has 0 radical (unpaired) electrons. The van der Waals surface area contributed by atoms with E-state index in [1.807, 2.05) is 47.4 Å². The smallest absolute Gasteiger partial charge is 0.509 e. The van der Waals surface area contributed by atoms with Crippen molar-refractivity contribution < 1.29 is 25.8 Å². The fourth-order valence-corrected chi connectivity index (χ4v) is 6.13. The third-order valence-electron chi connectivity index (χ3n) is 8.44. The van der Waals surface area contributed by atoms with E-state index in [-0.39, 0.29) is 26.5 Å². The Morgan fingerprint density at radius 3 is 2.43 bits per heavy atom. The molecular weight excluding hydrogens is 748 g/mol. The molecule has 232 valence electrons. The van der Waals surface area contributed by atoms with Gasteiger partial charge in [-0.2, -0.15) is 17.2 Å². The van der Waals surface area contributed by atoms with Crippen LogP contribution in [0.3, 0.4) is 0 Å². The Labute approximate surface area is 285 Å². The van der Waals surface area contributed by atoms with Gasteiger partial charge in [0, 0.05) is 35.0 Å². The van der Waals surface area contributed by atoms with Gasteiger partial charge in [0.05, 0.1) is 6.20 Å². The molecule has 0 N–H and O–H groups in total. The standard InChI is InChI=1S/C40H36N4O.Pt/c1-7-28-21-30(40(4,5)6)20-27(3)39(28)29-24-42-43(25-29)31-11-10-12-32(22-31)45-33-15-16-35-34-13-8-9-14-36(34)44(37(35)23-33)38-19-26(2)17-18-41-38;/h8-21,24-25H,7H2,1-6H3;/q-2;+2. The van der Waals surface area contributed by atoms with Gasteiger partial charge in [0.2, 0.25) is 0 Å². The molecule has 0 unspecified atom stereocenters. The molecule has 0 aliphatic carbocycles. The van der Waals surface area contributed by atoms with Crippen LogP contribution in [-0.4, -0.2) is 19.3 Å². The molecular formula is C40H36N4OPt. The van der Waals surface area contributed by atoms with Crippen LogP contribution in [-0.2, 0) is 32.9 Å². The van der Waals surface area contributed by atoms with E-state index in [1.54, 1.807) is 0 Å². The Hall–Kier alpha value is -4.47. The zero-order valence-electron chi connectivity index (χ0n) is 27.0. The fraction of sp³-hybridized carbons (Fsp3) is 0.200.